The van der Waals surface area contributed by atoms with Gasteiger partial charge < -0.3 is 10.6 Å². The van der Waals surface area contributed by atoms with E-state index >= 15 is 0 Å². The molecule has 0 saturated heterocycles. The number of hydrogen-bond acceptors (Lipinski definition) is 4. The first-order valence-corrected chi connectivity index (χ1v) is 8.40. The number of likely N-dealkylation sites (N-methyl/N-ethyl adjacent to an activating group) is 1. The first kappa shape index (κ1) is 16.4. The van der Waals surface area contributed by atoms with Gasteiger partial charge in [0.25, 0.3) is 0 Å². The zero-order valence-electron chi connectivity index (χ0n) is 13.9. The van der Waals surface area contributed by atoms with Crippen molar-refractivity contribution in [2.45, 2.75) is 76.4 Å². The van der Waals surface area contributed by atoms with Gasteiger partial charge in [0.1, 0.15) is 12.2 Å². The topological polar surface area (TPSA) is 60.0 Å². The normalized spacial score (nSPS) is 20.4. The Bertz CT molecular complexity index is 418. The summed E-state index contributed by atoms with van der Waals surface area (Å²) in [6.07, 6.45) is 11.2. The number of nitrogens with zero attached hydrogens (tertiary/aromatic N) is 4. The van der Waals surface area contributed by atoms with E-state index in [4.69, 9.17) is 5.73 Å². The van der Waals surface area contributed by atoms with Gasteiger partial charge in [-0.15, -0.1) is 0 Å². The van der Waals surface area contributed by atoms with Gasteiger partial charge in [-0.2, -0.15) is 5.10 Å². The third-order valence-electron chi connectivity index (χ3n) is 5.08. The number of nitrogens with two attached hydrogens (primary N) is 1. The predicted molar refractivity (Wildman–Crippen MR) is 86.1 cm³/mol. The molecule has 1 aliphatic carbocycles. The highest BCUT2D eigenvalue weighted by Gasteiger charge is 2.39. The van der Waals surface area contributed by atoms with Gasteiger partial charge in [0, 0.05) is 24.5 Å². The minimum absolute atomic E-state index is 0.111. The monoisotopic (exact) mass is 293 g/mol. The van der Waals surface area contributed by atoms with Crippen LogP contribution in [0.25, 0.3) is 0 Å². The molecule has 1 heterocycles. The van der Waals surface area contributed by atoms with Gasteiger partial charge in [0.05, 0.1) is 0 Å². The molecule has 1 aliphatic rings. The molecule has 1 saturated carbocycles. The Hall–Kier alpha value is -0.940. The summed E-state index contributed by atoms with van der Waals surface area (Å²) in [7, 11) is 4.36. The molecule has 0 radical (unpaired) electrons. The van der Waals surface area contributed by atoms with Crippen molar-refractivity contribution in [3.8, 4) is 0 Å². The second-order valence-electron chi connectivity index (χ2n) is 6.62. The highest BCUT2D eigenvalue weighted by molar-refractivity contribution is 5.03. The maximum Gasteiger partial charge on any atom is 0.138 e. The quantitative estimate of drug-likeness (QED) is 0.817. The van der Waals surface area contributed by atoms with E-state index in [0.717, 1.165) is 25.2 Å². The Morgan fingerprint density at radius 3 is 2.52 bits per heavy atom. The lowest BCUT2D eigenvalue weighted by Gasteiger charge is -2.44. The Morgan fingerprint density at radius 1 is 1.29 bits per heavy atom. The van der Waals surface area contributed by atoms with Crippen LogP contribution in [0, 0.1) is 0 Å². The number of aromatic nitrogens is 3. The van der Waals surface area contributed by atoms with Crippen molar-refractivity contribution in [3.05, 3.63) is 12.2 Å². The largest absolute Gasteiger partial charge is 0.326 e. The van der Waals surface area contributed by atoms with Crippen LogP contribution in [0.1, 0.15) is 57.7 Å². The lowest BCUT2D eigenvalue weighted by molar-refractivity contribution is 0.0955. The molecule has 1 unspecified atom stereocenters. The fourth-order valence-electron chi connectivity index (χ4n) is 3.72. The number of aryl methyl sites for hydroxylation is 1. The predicted octanol–water partition coefficient (Wildman–Crippen LogP) is 2.21. The average Bonchev–Trinajstić information content (AvgIpc) is 2.75. The van der Waals surface area contributed by atoms with Crippen LogP contribution in [0.15, 0.2) is 6.33 Å². The molecule has 5 nitrogen and oxygen atoms in total. The Kier molecular flexibility index (Phi) is 5.76. The summed E-state index contributed by atoms with van der Waals surface area (Å²) in [5, 5.41) is 4.33. The first-order chi connectivity index (χ1) is 10.1. The van der Waals surface area contributed by atoms with Crippen molar-refractivity contribution in [3.63, 3.8) is 0 Å². The minimum atomic E-state index is 0.111. The van der Waals surface area contributed by atoms with Gasteiger partial charge >= 0.3 is 0 Å². The zero-order valence-corrected chi connectivity index (χ0v) is 13.9. The van der Waals surface area contributed by atoms with Crippen molar-refractivity contribution >= 4 is 0 Å². The molecule has 0 bridgehead atoms. The molecule has 0 aromatic carbocycles. The van der Waals surface area contributed by atoms with Crippen LogP contribution in [0.2, 0.25) is 0 Å². The fraction of sp³-hybridized carbons (Fsp3) is 0.875. The van der Waals surface area contributed by atoms with Gasteiger partial charge in [-0.25, -0.2) is 4.98 Å². The summed E-state index contributed by atoms with van der Waals surface area (Å²) < 4.78 is 2.01. The molecule has 2 N–H and O–H groups in total. The third-order valence-corrected chi connectivity index (χ3v) is 5.08. The molecule has 0 amide bonds. The van der Waals surface area contributed by atoms with Crippen LogP contribution in [0.3, 0.4) is 0 Å². The van der Waals surface area contributed by atoms with E-state index in [2.05, 4.69) is 36.0 Å². The standard InChI is InChI=1S/C16H31N5/c1-4-11-21-15(18-13-19-21)12-14(17)16(20(2)3)9-7-5-6-8-10-16/h13-14H,4-12,17H2,1-3H3. The lowest BCUT2D eigenvalue weighted by atomic mass is 9.80. The smallest absolute Gasteiger partial charge is 0.138 e. The number of rotatable bonds is 6. The van der Waals surface area contributed by atoms with Crippen LogP contribution in [0.5, 0.6) is 0 Å². The maximum atomic E-state index is 6.69. The average molecular weight is 293 g/mol. The Labute approximate surface area is 128 Å². The molecule has 120 valence electrons. The summed E-state index contributed by atoms with van der Waals surface area (Å²) >= 11 is 0. The van der Waals surface area contributed by atoms with E-state index in [0.29, 0.717) is 0 Å². The van der Waals surface area contributed by atoms with Crippen LogP contribution < -0.4 is 5.73 Å². The summed E-state index contributed by atoms with van der Waals surface area (Å²) in [6, 6.07) is 0.116. The van der Waals surface area contributed by atoms with Gasteiger partial charge in [0.15, 0.2) is 0 Å². The molecular formula is C16H31N5. The van der Waals surface area contributed by atoms with Crippen molar-refractivity contribution in [2.75, 3.05) is 14.1 Å². The second-order valence-corrected chi connectivity index (χ2v) is 6.62. The maximum absolute atomic E-state index is 6.69. The van der Waals surface area contributed by atoms with Gasteiger partial charge in [-0.1, -0.05) is 32.6 Å². The summed E-state index contributed by atoms with van der Waals surface area (Å²) in [5.74, 6) is 1.04. The summed E-state index contributed by atoms with van der Waals surface area (Å²) in [4.78, 5) is 6.80. The molecule has 1 aromatic rings. The van der Waals surface area contributed by atoms with Crippen molar-refractivity contribution < 1.29 is 0 Å². The first-order valence-electron chi connectivity index (χ1n) is 8.40. The van der Waals surface area contributed by atoms with E-state index < -0.39 is 0 Å². The molecule has 0 spiro atoms. The summed E-state index contributed by atoms with van der Waals surface area (Å²) in [5.41, 5.74) is 6.80. The SMILES string of the molecule is CCCn1ncnc1CC(N)C1(N(C)C)CCCCCC1. The highest BCUT2D eigenvalue weighted by atomic mass is 15.3. The molecule has 21 heavy (non-hydrogen) atoms. The van der Waals surface area contributed by atoms with Crippen LogP contribution in [-0.4, -0.2) is 45.3 Å². The van der Waals surface area contributed by atoms with Crippen molar-refractivity contribution in [2.24, 2.45) is 5.73 Å². The molecular weight excluding hydrogens is 262 g/mol. The van der Waals surface area contributed by atoms with Crippen LogP contribution in [-0.2, 0) is 13.0 Å². The highest BCUT2D eigenvalue weighted by Crippen LogP contribution is 2.34. The van der Waals surface area contributed by atoms with Crippen LogP contribution >= 0.6 is 0 Å². The van der Waals surface area contributed by atoms with E-state index in [9.17, 15) is 0 Å². The van der Waals surface area contributed by atoms with Gasteiger partial charge in [0.2, 0.25) is 0 Å². The number of hydrogen-bond donors (Lipinski definition) is 1. The second kappa shape index (κ2) is 7.36. The van der Waals surface area contributed by atoms with Crippen molar-refractivity contribution in [1.82, 2.24) is 19.7 Å². The van der Waals surface area contributed by atoms with E-state index in [1.165, 1.54) is 38.5 Å². The molecule has 1 fully saturated rings. The lowest BCUT2D eigenvalue weighted by Crippen LogP contribution is -2.58. The zero-order chi connectivity index (χ0) is 15.3. The molecule has 0 aliphatic heterocycles. The van der Waals surface area contributed by atoms with Crippen molar-refractivity contribution in [1.29, 1.82) is 0 Å². The van der Waals surface area contributed by atoms with E-state index in [1.807, 2.05) is 4.68 Å². The summed E-state index contributed by atoms with van der Waals surface area (Å²) in [6.45, 7) is 3.09. The molecule has 1 atom stereocenters. The molecule has 1 aromatic heterocycles. The van der Waals surface area contributed by atoms with E-state index in [-0.39, 0.29) is 11.6 Å². The van der Waals surface area contributed by atoms with E-state index in [1.54, 1.807) is 6.33 Å². The van der Waals surface area contributed by atoms with Gasteiger partial charge in [-0.05, 0) is 33.4 Å². The Balaban J connectivity index is 2.14. The Morgan fingerprint density at radius 2 is 1.95 bits per heavy atom. The molecule has 2 rings (SSSR count). The minimum Gasteiger partial charge on any atom is -0.326 e. The van der Waals surface area contributed by atoms with Crippen LogP contribution in [0.4, 0.5) is 0 Å². The third kappa shape index (κ3) is 3.64. The molecule has 5 heteroatoms. The van der Waals surface area contributed by atoms with Gasteiger partial charge in [-0.3, -0.25) is 4.68 Å². The fourth-order valence-corrected chi connectivity index (χ4v) is 3.72.